The van der Waals surface area contributed by atoms with Crippen LogP contribution in [-0.4, -0.2) is 31.6 Å². The van der Waals surface area contributed by atoms with Gasteiger partial charge < -0.3 is 18.9 Å². The molecule has 1 aliphatic rings. The molecule has 0 unspecified atom stereocenters. The largest absolute Gasteiger partial charge is 0.497 e. The van der Waals surface area contributed by atoms with Gasteiger partial charge in [-0.1, -0.05) is 25.5 Å². The minimum absolute atomic E-state index is 0.186. The van der Waals surface area contributed by atoms with Crippen molar-refractivity contribution in [1.82, 2.24) is 0 Å². The zero-order valence-electron chi connectivity index (χ0n) is 19.5. The second-order valence-corrected chi connectivity index (χ2v) is 7.75. The highest BCUT2D eigenvalue weighted by atomic mass is 16.6. The number of ether oxygens (including phenoxy) is 4. The minimum Gasteiger partial charge on any atom is -0.497 e. The van der Waals surface area contributed by atoms with Crippen molar-refractivity contribution in [1.29, 1.82) is 0 Å². The minimum atomic E-state index is -0.529. The van der Waals surface area contributed by atoms with Gasteiger partial charge >= 0.3 is 11.9 Å². The van der Waals surface area contributed by atoms with Crippen molar-refractivity contribution in [3.63, 3.8) is 0 Å². The fourth-order valence-corrected chi connectivity index (χ4v) is 3.24. The number of aliphatic imine (C=N–C) groups is 1. The summed E-state index contributed by atoms with van der Waals surface area (Å²) < 4.78 is 21.5. The predicted octanol–water partition coefficient (Wildman–Crippen LogP) is 5.44. The highest BCUT2D eigenvalue weighted by Crippen LogP contribution is 2.22. The zero-order chi connectivity index (χ0) is 24.6. The summed E-state index contributed by atoms with van der Waals surface area (Å²) >= 11 is 0. The van der Waals surface area contributed by atoms with E-state index in [0.717, 1.165) is 18.6 Å². The van der Waals surface area contributed by atoms with Crippen molar-refractivity contribution in [2.75, 3.05) is 13.7 Å². The van der Waals surface area contributed by atoms with Gasteiger partial charge in [-0.25, -0.2) is 14.6 Å². The maximum absolute atomic E-state index is 12.3. The van der Waals surface area contributed by atoms with Crippen LogP contribution < -0.4 is 14.2 Å². The van der Waals surface area contributed by atoms with Gasteiger partial charge in [-0.2, -0.15) is 0 Å². The molecule has 35 heavy (non-hydrogen) atoms. The number of methoxy groups -OCH3 is 1. The van der Waals surface area contributed by atoms with E-state index in [2.05, 4.69) is 11.9 Å². The molecule has 0 aliphatic carbocycles. The quantitative estimate of drug-likeness (QED) is 0.179. The molecule has 0 saturated heterocycles. The maximum atomic E-state index is 12.3. The lowest BCUT2D eigenvalue weighted by atomic mass is 10.2. The predicted molar refractivity (Wildman–Crippen MR) is 132 cm³/mol. The van der Waals surface area contributed by atoms with Crippen LogP contribution in [0.3, 0.4) is 0 Å². The van der Waals surface area contributed by atoms with Gasteiger partial charge in [-0.05, 0) is 78.7 Å². The highest BCUT2D eigenvalue weighted by Gasteiger charge is 2.24. The molecule has 0 spiro atoms. The molecule has 1 aliphatic heterocycles. The van der Waals surface area contributed by atoms with Crippen molar-refractivity contribution < 1.29 is 28.5 Å². The summed E-state index contributed by atoms with van der Waals surface area (Å²) in [6.45, 7) is 2.77. The number of esters is 2. The first kappa shape index (κ1) is 23.8. The van der Waals surface area contributed by atoms with E-state index in [0.29, 0.717) is 34.8 Å². The van der Waals surface area contributed by atoms with Crippen LogP contribution in [0.1, 0.15) is 41.3 Å². The van der Waals surface area contributed by atoms with E-state index < -0.39 is 11.9 Å². The maximum Gasteiger partial charge on any atom is 0.363 e. The van der Waals surface area contributed by atoms with Gasteiger partial charge in [-0.3, -0.25) is 0 Å². The first-order valence-corrected chi connectivity index (χ1v) is 11.3. The molecule has 178 valence electrons. The Morgan fingerprint density at radius 1 is 0.914 bits per heavy atom. The Balaban J connectivity index is 1.40. The van der Waals surface area contributed by atoms with Crippen molar-refractivity contribution in [2.24, 2.45) is 4.99 Å². The van der Waals surface area contributed by atoms with E-state index in [1.807, 2.05) is 24.3 Å². The zero-order valence-corrected chi connectivity index (χ0v) is 19.5. The SMILES string of the molecule is CCCCOc1ccc(C2=N/C(=C\c3ccc(OC(=O)c4ccc(OC)cc4)cc3)C(=O)O2)cc1. The number of unbranched alkanes of at least 4 members (excludes halogenated alkanes) is 1. The summed E-state index contributed by atoms with van der Waals surface area (Å²) in [5.74, 6) is 1.03. The molecule has 0 bridgehead atoms. The van der Waals surface area contributed by atoms with Gasteiger partial charge in [0.15, 0.2) is 5.70 Å². The molecule has 0 amide bonds. The lowest BCUT2D eigenvalue weighted by molar-refractivity contribution is -0.129. The fourth-order valence-electron chi connectivity index (χ4n) is 3.24. The van der Waals surface area contributed by atoms with Crippen LogP contribution in [0.15, 0.2) is 83.5 Å². The Hall–Kier alpha value is -4.39. The smallest absolute Gasteiger partial charge is 0.363 e. The molecule has 4 rings (SSSR count). The summed E-state index contributed by atoms with van der Waals surface area (Å²) in [5.41, 5.74) is 2.00. The molecule has 7 nitrogen and oxygen atoms in total. The van der Waals surface area contributed by atoms with E-state index in [9.17, 15) is 9.59 Å². The summed E-state index contributed by atoms with van der Waals surface area (Å²) in [7, 11) is 1.56. The summed E-state index contributed by atoms with van der Waals surface area (Å²) in [6.07, 6.45) is 3.68. The number of hydrogen-bond acceptors (Lipinski definition) is 7. The van der Waals surface area contributed by atoms with Crippen molar-refractivity contribution in [3.05, 3.63) is 95.2 Å². The molecule has 3 aromatic carbocycles. The summed E-state index contributed by atoms with van der Waals surface area (Å²) in [4.78, 5) is 29.0. The number of carbonyl (C=O) groups is 2. The summed E-state index contributed by atoms with van der Waals surface area (Å²) in [6, 6.07) is 20.7. The molecular weight excluding hydrogens is 446 g/mol. The van der Waals surface area contributed by atoms with Crippen molar-refractivity contribution in [2.45, 2.75) is 19.8 Å². The average Bonchev–Trinajstić information content (AvgIpc) is 3.25. The Morgan fingerprint density at radius 2 is 1.57 bits per heavy atom. The van der Waals surface area contributed by atoms with Gasteiger partial charge in [0.1, 0.15) is 17.2 Å². The number of hydrogen-bond donors (Lipinski definition) is 0. The summed E-state index contributed by atoms with van der Waals surface area (Å²) in [5, 5.41) is 0. The molecule has 0 N–H and O–H groups in total. The van der Waals surface area contributed by atoms with Gasteiger partial charge in [0, 0.05) is 5.56 Å². The number of rotatable bonds is 9. The van der Waals surface area contributed by atoms with Gasteiger partial charge in [-0.15, -0.1) is 0 Å². The first-order chi connectivity index (χ1) is 17.1. The normalized spacial score (nSPS) is 13.8. The molecule has 1 heterocycles. The van der Waals surface area contributed by atoms with E-state index in [-0.39, 0.29) is 11.6 Å². The van der Waals surface area contributed by atoms with Crippen molar-refractivity contribution >= 4 is 23.9 Å². The lowest BCUT2D eigenvalue weighted by Crippen LogP contribution is -2.08. The molecule has 7 heteroatoms. The second-order valence-electron chi connectivity index (χ2n) is 7.75. The van der Waals surface area contributed by atoms with Crippen LogP contribution in [0, 0.1) is 0 Å². The van der Waals surface area contributed by atoms with Crippen LogP contribution in [0.4, 0.5) is 0 Å². The van der Waals surface area contributed by atoms with Gasteiger partial charge in [0.05, 0.1) is 19.3 Å². The Bertz CT molecular complexity index is 1240. The van der Waals surface area contributed by atoms with Gasteiger partial charge in [0.25, 0.3) is 0 Å². The van der Waals surface area contributed by atoms with Crippen molar-refractivity contribution in [3.8, 4) is 17.2 Å². The van der Waals surface area contributed by atoms with Crippen LogP contribution >= 0.6 is 0 Å². The Kier molecular flexibility index (Phi) is 7.57. The van der Waals surface area contributed by atoms with E-state index >= 15 is 0 Å². The van der Waals surface area contributed by atoms with Crippen LogP contribution in [0.25, 0.3) is 6.08 Å². The molecular formula is C28H25NO6. The van der Waals surface area contributed by atoms with Crippen LogP contribution in [0.5, 0.6) is 17.2 Å². The molecule has 0 radical (unpaired) electrons. The lowest BCUT2D eigenvalue weighted by Gasteiger charge is -2.05. The number of benzene rings is 3. The molecule has 0 aromatic heterocycles. The number of carbonyl (C=O) groups excluding carboxylic acids is 2. The Morgan fingerprint density at radius 3 is 2.23 bits per heavy atom. The van der Waals surface area contributed by atoms with Gasteiger partial charge in [0.2, 0.25) is 5.90 Å². The molecule has 0 atom stereocenters. The van der Waals surface area contributed by atoms with E-state index in [4.69, 9.17) is 18.9 Å². The van der Waals surface area contributed by atoms with E-state index in [1.54, 1.807) is 61.7 Å². The topological polar surface area (TPSA) is 83.4 Å². The molecule has 0 fully saturated rings. The average molecular weight is 472 g/mol. The third-order valence-corrected chi connectivity index (χ3v) is 5.21. The number of nitrogens with zero attached hydrogens (tertiary/aromatic N) is 1. The Labute approximate surface area is 203 Å². The fraction of sp³-hybridized carbons (Fsp3) is 0.179. The van der Waals surface area contributed by atoms with Crippen LogP contribution in [0.2, 0.25) is 0 Å². The monoisotopic (exact) mass is 471 g/mol. The first-order valence-electron chi connectivity index (χ1n) is 11.3. The standard InChI is InChI=1S/C28H25NO6/c1-3-4-17-33-23-15-7-20(8-16-23)26-29-25(28(31)35-26)18-19-5-11-24(12-6-19)34-27(30)21-9-13-22(32-2)14-10-21/h5-16,18H,3-4,17H2,1-2H3/b25-18-. The highest BCUT2D eigenvalue weighted by molar-refractivity contribution is 6.12. The number of cyclic esters (lactones) is 1. The van der Waals surface area contributed by atoms with E-state index in [1.165, 1.54) is 0 Å². The second kappa shape index (κ2) is 11.2. The third-order valence-electron chi connectivity index (χ3n) is 5.21. The molecule has 0 saturated carbocycles. The van der Waals surface area contributed by atoms with Crippen LogP contribution in [-0.2, 0) is 9.53 Å². The molecule has 3 aromatic rings. The third kappa shape index (κ3) is 6.14.